The second-order valence-electron chi connectivity index (χ2n) is 2.08. The van der Waals surface area contributed by atoms with E-state index >= 15 is 0 Å². The molecule has 5 heteroatoms. The fraction of sp³-hybridized carbons (Fsp3) is 0. The van der Waals surface area contributed by atoms with Gasteiger partial charge >= 0.3 is 0 Å². The van der Waals surface area contributed by atoms with Crippen LogP contribution in [0.5, 0.6) is 11.5 Å². The molecule has 0 saturated heterocycles. The Hall–Kier alpha value is -0.550. The quantitative estimate of drug-likeness (QED) is 0.618. The molecule has 0 aliphatic carbocycles. The van der Waals surface area contributed by atoms with Gasteiger partial charge in [-0.05, 0) is 37.9 Å². The molecular weight excluding hydrogens is 292 g/mol. The van der Waals surface area contributed by atoms with E-state index in [4.69, 9.17) is 5.11 Å². The lowest BCUT2D eigenvalue weighted by molar-refractivity contribution is 0.112. The van der Waals surface area contributed by atoms with E-state index in [1.165, 1.54) is 6.07 Å². The maximum absolute atomic E-state index is 10.4. The van der Waals surface area contributed by atoms with E-state index in [2.05, 4.69) is 31.9 Å². The van der Waals surface area contributed by atoms with Crippen LogP contribution in [0.1, 0.15) is 10.4 Å². The van der Waals surface area contributed by atoms with Gasteiger partial charge < -0.3 is 10.2 Å². The summed E-state index contributed by atoms with van der Waals surface area (Å²) in [4.78, 5) is 10.4. The summed E-state index contributed by atoms with van der Waals surface area (Å²) >= 11 is 5.95. The molecule has 0 aliphatic heterocycles. The van der Waals surface area contributed by atoms with Crippen molar-refractivity contribution in [2.24, 2.45) is 0 Å². The summed E-state index contributed by atoms with van der Waals surface area (Å²) in [7, 11) is 0. The number of hydrogen-bond acceptors (Lipinski definition) is 3. The van der Waals surface area contributed by atoms with Crippen molar-refractivity contribution in [1.82, 2.24) is 0 Å². The largest absolute Gasteiger partial charge is 0.503 e. The van der Waals surface area contributed by atoms with Crippen molar-refractivity contribution in [3.8, 4) is 11.5 Å². The van der Waals surface area contributed by atoms with Gasteiger partial charge in [0.05, 0.1) is 8.95 Å². The minimum atomic E-state index is -0.341. The van der Waals surface area contributed by atoms with Crippen LogP contribution in [0.4, 0.5) is 0 Å². The van der Waals surface area contributed by atoms with Crippen LogP contribution >= 0.6 is 31.9 Å². The lowest BCUT2D eigenvalue weighted by Gasteiger charge is -2.04. The first kappa shape index (κ1) is 9.54. The molecule has 0 radical (unpaired) electrons. The third-order valence-corrected chi connectivity index (χ3v) is 2.76. The van der Waals surface area contributed by atoms with Crippen LogP contribution in [0.3, 0.4) is 0 Å². The molecule has 0 saturated carbocycles. The maximum atomic E-state index is 10.4. The fourth-order valence-corrected chi connectivity index (χ4v) is 1.54. The standard InChI is InChI=1S/C7H4Br2O3/c8-4-1-3(2-10)5(9)7(12)6(4)11/h1-2,11-12H. The molecule has 0 aliphatic rings. The van der Waals surface area contributed by atoms with Gasteiger partial charge in [0.2, 0.25) is 0 Å². The van der Waals surface area contributed by atoms with Crippen molar-refractivity contribution in [1.29, 1.82) is 0 Å². The van der Waals surface area contributed by atoms with E-state index in [9.17, 15) is 9.90 Å². The lowest BCUT2D eigenvalue weighted by atomic mass is 10.2. The maximum Gasteiger partial charge on any atom is 0.173 e. The molecule has 0 bridgehead atoms. The van der Waals surface area contributed by atoms with Gasteiger partial charge in [-0.1, -0.05) is 0 Å². The highest BCUT2D eigenvalue weighted by Crippen LogP contribution is 2.40. The number of carbonyl (C=O) groups excluding carboxylic acids is 1. The van der Waals surface area contributed by atoms with Crippen LogP contribution in [0.15, 0.2) is 15.0 Å². The van der Waals surface area contributed by atoms with Gasteiger partial charge in [-0.15, -0.1) is 0 Å². The summed E-state index contributed by atoms with van der Waals surface area (Å²) in [5.41, 5.74) is 0.275. The lowest BCUT2D eigenvalue weighted by Crippen LogP contribution is -1.84. The summed E-state index contributed by atoms with van der Waals surface area (Å²) in [6.45, 7) is 0. The number of phenolic OH excluding ortho intramolecular Hbond substituents is 2. The Morgan fingerprint density at radius 3 is 2.33 bits per heavy atom. The number of benzene rings is 1. The summed E-state index contributed by atoms with van der Waals surface area (Å²) in [5, 5.41) is 18.4. The number of rotatable bonds is 1. The van der Waals surface area contributed by atoms with E-state index in [0.717, 1.165) is 0 Å². The van der Waals surface area contributed by atoms with Crippen molar-refractivity contribution in [3.63, 3.8) is 0 Å². The molecule has 0 fully saturated rings. The first-order valence-corrected chi connectivity index (χ1v) is 4.51. The van der Waals surface area contributed by atoms with E-state index in [1.54, 1.807) is 0 Å². The Balaban J connectivity index is 3.49. The highest BCUT2D eigenvalue weighted by Gasteiger charge is 2.12. The zero-order valence-electron chi connectivity index (χ0n) is 5.71. The Morgan fingerprint density at radius 2 is 1.83 bits per heavy atom. The van der Waals surface area contributed by atoms with Gasteiger partial charge in [0.25, 0.3) is 0 Å². The Bertz CT molecular complexity index is 336. The van der Waals surface area contributed by atoms with Gasteiger partial charge in [-0.25, -0.2) is 0 Å². The van der Waals surface area contributed by atoms with E-state index in [1.807, 2.05) is 0 Å². The molecule has 0 unspecified atom stereocenters. The molecule has 3 nitrogen and oxygen atoms in total. The summed E-state index contributed by atoms with van der Waals surface area (Å²) < 4.78 is 0.475. The summed E-state index contributed by atoms with van der Waals surface area (Å²) in [6.07, 6.45) is 0.577. The number of carbonyl (C=O) groups is 1. The SMILES string of the molecule is O=Cc1cc(Br)c(O)c(O)c1Br. The van der Waals surface area contributed by atoms with Crippen LogP contribution in [0.2, 0.25) is 0 Å². The normalized spacial score (nSPS) is 9.83. The molecule has 1 aromatic rings. The van der Waals surface area contributed by atoms with Crippen LogP contribution < -0.4 is 0 Å². The molecule has 1 aromatic carbocycles. The zero-order chi connectivity index (χ0) is 9.30. The number of aldehydes is 1. The Morgan fingerprint density at radius 1 is 1.25 bits per heavy atom. The van der Waals surface area contributed by atoms with Gasteiger partial charge in [0.15, 0.2) is 17.8 Å². The minimum Gasteiger partial charge on any atom is -0.503 e. The molecule has 0 atom stereocenters. The van der Waals surface area contributed by atoms with E-state index in [-0.39, 0.29) is 26.0 Å². The molecule has 0 amide bonds. The van der Waals surface area contributed by atoms with Crippen LogP contribution in [-0.4, -0.2) is 16.5 Å². The minimum absolute atomic E-state index is 0.193. The third kappa shape index (κ3) is 1.47. The topological polar surface area (TPSA) is 57.5 Å². The average molecular weight is 296 g/mol. The average Bonchev–Trinajstić information content (AvgIpc) is 2.08. The van der Waals surface area contributed by atoms with E-state index in [0.29, 0.717) is 6.29 Å². The molecule has 0 heterocycles. The van der Waals surface area contributed by atoms with Crippen molar-refractivity contribution >= 4 is 38.1 Å². The van der Waals surface area contributed by atoms with Gasteiger partial charge in [-0.3, -0.25) is 4.79 Å². The molecule has 12 heavy (non-hydrogen) atoms. The second kappa shape index (κ2) is 3.45. The van der Waals surface area contributed by atoms with Gasteiger partial charge in [0.1, 0.15) is 0 Å². The monoisotopic (exact) mass is 294 g/mol. The van der Waals surface area contributed by atoms with Crippen LogP contribution in [-0.2, 0) is 0 Å². The van der Waals surface area contributed by atoms with Crippen molar-refractivity contribution in [2.75, 3.05) is 0 Å². The molecule has 0 spiro atoms. The Kier molecular flexibility index (Phi) is 2.74. The molecular formula is C7H4Br2O3. The number of halogens is 2. The molecule has 0 aromatic heterocycles. The third-order valence-electron chi connectivity index (χ3n) is 1.32. The summed E-state index contributed by atoms with van der Waals surface area (Å²) in [6, 6.07) is 1.41. The fourth-order valence-electron chi connectivity index (χ4n) is 0.708. The Labute approximate surface area is 85.3 Å². The number of phenols is 2. The van der Waals surface area contributed by atoms with Crippen molar-refractivity contribution < 1.29 is 15.0 Å². The summed E-state index contributed by atoms with van der Waals surface area (Å²) in [5.74, 6) is -0.626. The molecule has 64 valence electrons. The van der Waals surface area contributed by atoms with Crippen molar-refractivity contribution in [3.05, 3.63) is 20.6 Å². The van der Waals surface area contributed by atoms with Crippen LogP contribution in [0, 0.1) is 0 Å². The predicted octanol–water partition coefficient (Wildman–Crippen LogP) is 2.44. The molecule has 2 N–H and O–H groups in total. The smallest absolute Gasteiger partial charge is 0.173 e. The number of hydrogen-bond donors (Lipinski definition) is 2. The van der Waals surface area contributed by atoms with Crippen LogP contribution in [0.25, 0.3) is 0 Å². The van der Waals surface area contributed by atoms with Gasteiger partial charge in [-0.2, -0.15) is 0 Å². The van der Waals surface area contributed by atoms with Gasteiger partial charge in [0, 0.05) is 5.56 Å². The van der Waals surface area contributed by atoms with Crippen molar-refractivity contribution in [2.45, 2.75) is 0 Å². The van der Waals surface area contributed by atoms with E-state index < -0.39 is 0 Å². The zero-order valence-corrected chi connectivity index (χ0v) is 8.89. The first-order valence-electron chi connectivity index (χ1n) is 2.93. The molecule has 1 rings (SSSR count). The first-order chi connectivity index (χ1) is 5.57. The number of aromatic hydroxyl groups is 2. The highest BCUT2D eigenvalue weighted by atomic mass is 79.9. The second-order valence-corrected chi connectivity index (χ2v) is 3.72. The highest BCUT2D eigenvalue weighted by molar-refractivity contribution is 9.11. The predicted molar refractivity (Wildman–Crippen MR) is 50.6 cm³/mol.